The topological polar surface area (TPSA) is 51.7 Å². The van der Waals surface area contributed by atoms with E-state index < -0.39 is 5.60 Å². The van der Waals surface area contributed by atoms with E-state index in [4.69, 9.17) is 21.1 Å². The molecular weight excluding hydrogens is 292 g/mol. The molecule has 1 atom stereocenters. The second-order valence-electron chi connectivity index (χ2n) is 6.23. The number of hydrogen-bond donors (Lipinski definition) is 0. The van der Waals surface area contributed by atoms with Gasteiger partial charge in [-0.3, -0.25) is 0 Å². The predicted molar refractivity (Wildman–Crippen MR) is 80.8 cm³/mol. The maximum Gasteiger partial charge on any atom is 0.410 e. The quantitative estimate of drug-likeness (QED) is 0.785. The van der Waals surface area contributed by atoms with Crippen molar-refractivity contribution in [3.05, 3.63) is 23.0 Å². The third kappa shape index (κ3) is 4.49. The molecule has 1 aromatic heterocycles. The molecule has 1 saturated heterocycles. The summed E-state index contributed by atoms with van der Waals surface area (Å²) >= 11 is 5.89. The smallest absolute Gasteiger partial charge is 0.410 e. The fourth-order valence-electron chi connectivity index (χ4n) is 2.11. The number of amides is 1. The normalized spacial score (nSPS) is 18.7. The molecule has 0 spiro atoms. The van der Waals surface area contributed by atoms with Crippen molar-refractivity contribution in [1.82, 2.24) is 9.88 Å². The number of aromatic nitrogens is 1. The summed E-state index contributed by atoms with van der Waals surface area (Å²) in [6.07, 6.45) is 2.05. The minimum absolute atomic E-state index is 0.0418. The Bertz CT molecular complexity index is 528. The van der Waals surface area contributed by atoms with E-state index in [1.165, 1.54) is 0 Å². The van der Waals surface area contributed by atoms with Crippen molar-refractivity contribution in [3.63, 3.8) is 0 Å². The lowest BCUT2D eigenvalue weighted by atomic mass is 10.2. The average Bonchev–Trinajstić information content (AvgIpc) is 2.80. The minimum atomic E-state index is -0.479. The van der Waals surface area contributed by atoms with E-state index in [1.807, 2.05) is 33.8 Å². The molecule has 5 nitrogen and oxygen atoms in total. The number of hydrogen-bond acceptors (Lipinski definition) is 4. The highest BCUT2D eigenvalue weighted by Crippen LogP contribution is 2.22. The van der Waals surface area contributed by atoms with E-state index in [9.17, 15) is 4.79 Å². The first-order chi connectivity index (χ1) is 9.74. The summed E-state index contributed by atoms with van der Waals surface area (Å²) in [6, 6.07) is 1.85. The van der Waals surface area contributed by atoms with Gasteiger partial charge in [-0.05, 0) is 39.3 Å². The van der Waals surface area contributed by atoms with Crippen molar-refractivity contribution in [3.8, 4) is 5.75 Å². The molecule has 0 unspecified atom stereocenters. The number of carbonyl (C=O) groups is 1. The largest absolute Gasteiger partial charge is 0.487 e. The van der Waals surface area contributed by atoms with Crippen LogP contribution in [0.1, 0.15) is 32.8 Å². The van der Waals surface area contributed by atoms with Crippen molar-refractivity contribution < 1.29 is 14.3 Å². The van der Waals surface area contributed by atoms with Crippen molar-refractivity contribution in [2.24, 2.45) is 0 Å². The van der Waals surface area contributed by atoms with Gasteiger partial charge in [0.1, 0.15) is 22.6 Å². The van der Waals surface area contributed by atoms with Crippen LogP contribution >= 0.6 is 11.6 Å². The molecule has 1 fully saturated rings. The Morgan fingerprint density at radius 3 is 2.81 bits per heavy atom. The second kappa shape index (κ2) is 6.10. The van der Waals surface area contributed by atoms with Crippen LogP contribution in [0, 0.1) is 6.92 Å². The first-order valence-corrected chi connectivity index (χ1v) is 7.39. The highest BCUT2D eigenvalue weighted by Gasteiger charge is 2.30. The fraction of sp³-hybridized carbons (Fsp3) is 0.600. The maximum atomic E-state index is 12.0. The first kappa shape index (κ1) is 15.9. The monoisotopic (exact) mass is 312 g/mol. The van der Waals surface area contributed by atoms with Gasteiger partial charge in [-0.25, -0.2) is 9.78 Å². The van der Waals surface area contributed by atoms with Crippen LogP contribution in [-0.2, 0) is 4.74 Å². The number of carbonyl (C=O) groups excluding carboxylic acids is 1. The van der Waals surface area contributed by atoms with Gasteiger partial charge in [-0.2, -0.15) is 0 Å². The van der Waals surface area contributed by atoms with E-state index >= 15 is 0 Å². The number of halogens is 1. The van der Waals surface area contributed by atoms with Gasteiger partial charge in [-0.15, -0.1) is 0 Å². The molecule has 6 heteroatoms. The lowest BCUT2D eigenvalue weighted by Crippen LogP contribution is -2.36. The molecule has 0 aliphatic carbocycles. The molecule has 1 aliphatic heterocycles. The molecule has 116 valence electrons. The Morgan fingerprint density at radius 2 is 2.19 bits per heavy atom. The SMILES string of the molecule is Cc1cc(O[C@@H]2CCN(C(=O)OC(C)(C)C)C2)cnc1Cl. The van der Waals surface area contributed by atoms with E-state index in [1.54, 1.807) is 11.1 Å². The van der Waals surface area contributed by atoms with Crippen molar-refractivity contribution in [2.45, 2.75) is 45.8 Å². The molecule has 0 bridgehead atoms. The van der Waals surface area contributed by atoms with Gasteiger partial charge in [0.2, 0.25) is 0 Å². The van der Waals surface area contributed by atoms with Crippen LogP contribution in [0.15, 0.2) is 12.3 Å². The molecule has 0 saturated carbocycles. The van der Waals surface area contributed by atoms with Gasteiger partial charge in [0, 0.05) is 13.0 Å². The Balaban J connectivity index is 1.90. The van der Waals surface area contributed by atoms with Gasteiger partial charge in [0.05, 0.1) is 12.7 Å². The number of ether oxygens (including phenoxy) is 2. The van der Waals surface area contributed by atoms with Crippen LogP contribution in [0.2, 0.25) is 5.15 Å². The third-order valence-electron chi connectivity index (χ3n) is 3.09. The van der Waals surface area contributed by atoms with Crippen molar-refractivity contribution in [1.29, 1.82) is 0 Å². The van der Waals surface area contributed by atoms with Gasteiger partial charge in [0.25, 0.3) is 0 Å². The predicted octanol–water partition coefficient (Wildman–Crippen LogP) is 3.43. The van der Waals surface area contributed by atoms with E-state index in [0.717, 1.165) is 12.0 Å². The van der Waals surface area contributed by atoms with Crippen LogP contribution in [0.4, 0.5) is 4.79 Å². The molecule has 1 amide bonds. The molecule has 21 heavy (non-hydrogen) atoms. The molecule has 2 heterocycles. The number of aryl methyl sites for hydroxylation is 1. The molecular formula is C15H21ClN2O3. The van der Waals surface area contributed by atoms with Crippen LogP contribution in [0.25, 0.3) is 0 Å². The lowest BCUT2D eigenvalue weighted by molar-refractivity contribution is 0.0275. The summed E-state index contributed by atoms with van der Waals surface area (Å²) < 4.78 is 11.2. The number of rotatable bonds is 2. The Morgan fingerprint density at radius 1 is 1.48 bits per heavy atom. The van der Waals surface area contributed by atoms with Crippen molar-refractivity contribution in [2.75, 3.05) is 13.1 Å². The number of pyridine rings is 1. The maximum absolute atomic E-state index is 12.0. The standard InChI is InChI=1S/C15H21ClN2O3/c1-10-7-12(8-17-13(10)16)20-11-5-6-18(9-11)14(19)21-15(2,3)4/h7-8,11H,5-6,9H2,1-4H3/t11-/m1/s1. The third-order valence-corrected chi connectivity index (χ3v) is 3.48. The van der Waals surface area contributed by atoms with Gasteiger partial charge in [-0.1, -0.05) is 11.6 Å². The minimum Gasteiger partial charge on any atom is -0.487 e. The first-order valence-electron chi connectivity index (χ1n) is 7.01. The fourth-order valence-corrected chi connectivity index (χ4v) is 2.21. The molecule has 0 radical (unpaired) electrons. The molecule has 0 N–H and O–H groups in total. The Labute approximate surface area is 130 Å². The van der Waals surface area contributed by atoms with Crippen LogP contribution in [0.5, 0.6) is 5.75 Å². The zero-order valence-corrected chi connectivity index (χ0v) is 13.6. The highest BCUT2D eigenvalue weighted by molar-refractivity contribution is 6.30. The van der Waals surface area contributed by atoms with Gasteiger partial charge < -0.3 is 14.4 Å². The van der Waals surface area contributed by atoms with Crippen molar-refractivity contribution >= 4 is 17.7 Å². The molecule has 2 rings (SSSR count). The number of nitrogens with zero attached hydrogens (tertiary/aromatic N) is 2. The van der Waals surface area contributed by atoms with Gasteiger partial charge in [0.15, 0.2) is 0 Å². The summed E-state index contributed by atoms with van der Waals surface area (Å²) in [6.45, 7) is 8.62. The van der Waals surface area contributed by atoms with E-state index in [2.05, 4.69) is 4.98 Å². The molecule has 1 aliphatic rings. The summed E-state index contributed by atoms with van der Waals surface area (Å²) in [5.74, 6) is 0.674. The summed E-state index contributed by atoms with van der Waals surface area (Å²) in [4.78, 5) is 17.7. The summed E-state index contributed by atoms with van der Waals surface area (Å²) in [5, 5.41) is 0.476. The Kier molecular flexibility index (Phi) is 4.61. The highest BCUT2D eigenvalue weighted by atomic mass is 35.5. The van der Waals surface area contributed by atoms with Gasteiger partial charge >= 0.3 is 6.09 Å². The summed E-state index contributed by atoms with van der Waals surface area (Å²) in [7, 11) is 0. The zero-order valence-electron chi connectivity index (χ0n) is 12.9. The number of likely N-dealkylation sites (tertiary alicyclic amines) is 1. The van der Waals surface area contributed by atoms with E-state index in [0.29, 0.717) is 24.0 Å². The van der Waals surface area contributed by atoms with E-state index in [-0.39, 0.29) is 12.2 Å². The zero-order chi connectivity index (χ0) is 15.6. The Hall–Kier alpha value is -1.49. The lowest BCUT2D eigenvalue weighted by Gasteiger charge is -2.24. The molecule has 1 aromatic rings. The van der Waals surface area contributed by atoms with Crippen LogP contribution in [-0.4, -0.2) is 40.8 Å². The summed E-state index contributed by atoms with van der Waals surface area (Å²) in [5.41, 5.74) is 0.393. The van der Waals surface area contributed by atoms with Crippen LogP contribution in [0.3, 0.4) is 0 Å². The average molecular weight is 313 g/mol. The van der Waals surface area contributed by atoms with Crippen LogP contribution < -0.4 is 4.74 Å². The molecule has 0 aromatic carbocycles. The second-order valence-corrected chi connectivity index (χ2v) is 6.59.